The van der Waals surface area contributed by atoms with Crippen LogP contribution >= 0.6 is 0 Å². The molecule has 0 radical (unpaired) electrons. The van der Waals surface area contributed by atoms with E-state index in [0.717, 1.165) is 10.6 Å². The van der Waals surface area contributed by atoms with Crippen LogP contribution in [0.2, 0.25) is 0 Å². The van der Waals surface area contributed by atoms with Gasteiger partial charge in [0.1, 0.15) is 6.04 Å². The zero-order valence-corrected chi connectivity index (χ0v) is 17.9. The molecule has 0 unspecified atom stereocenters. The van der Waals surface area contributed by atoms with Crippen LogP contribution in [0.1, 0.15) is 12.5 Å². The van der Waals surface area contributed by atoms with E-state index in [9.17, 15) is 13.2 Å². The third-order valence-corrected chi connectivity index (χ3v) is 5.58. The third kappa shape index (κ3) is 5.11. The molecule has 1 amide bonds. The number of benzene rings is 2. The summed E-state index contributed by atoms with van der Waals surface area (Å²) < 4.78 is 41.7. The zero-order chi connectivity index (χ0) is 21.6. The lowest BCUT2D eigenvalue weighted by molar-refractivity contribution is -0.122. The van der Waals surface area contributed by atoms with Crippen molar-refractivity contribution >= 4 is 21.6 Å². The summed E-state index contributed by atoms with van der Waals surface area (Å²) in [5, 5.41) is 2.76. The molecule has 0 aliphatic rings. The van der Waals surface area contributed by atoms with Crippen LogP contribution in [0.4, 0.5) is 5.69 Å². The van der Waals surface area contributed by atoms with Crippen LogP contribution in [-0.2, 0) is 21.4 Å². The van der Waals surface area contributed by atoms with E-state index in [1.807, 2.05) is 0 Å². The van der Waals surface area contributed by atoms with Crippen LogP contribution in [0, 0.1) is 0 Å². The molecule has 0 heterocycles. The molecule has 158 valence electrons. The second kappa shape index (κ2) is 9.51. The average molecular weight is 423 g/mol. The fraction of sp³-hybridized carbons (Fsp3) is 0.350. The quantitative estimate of drug-likeness (QED) is 0.666. The molecule has 0 fully saturated rings. The van der Waals surface area contributed by atoms with Crippen molar-refractivity contribution in [1.82, 2.24) is 5.32 Å². The maximum Gasteiger partial charge on any atom is 0.243 e. The molecule has 2 rings (SSSR count). The van der Waals surface area contributed by atoms with Crippen LogP contribution in [0.25, 0.3) is 0 Å². The molecule has 0 bridgehead atoms. The molecule has 2 aromatic rings. The maximum atomic E-state index is 12.7. The van der Waals surface area contributed by atoms with Crippen LogP contribution in [0.3, 0.4) is 0 Å². The summed E-state index contributed by atoms with van der Waals surface area (Å²) in [6, 6.07) is 11.0. The van der Waals surface area contributed by atoms with E-state index in [-0.39, 0.29) is 6.54 Å². The molecule has 0 aliphatic carbocycles. The predicted octanol–water partition coefficient (Wildman–Crippen LogP) is 2.18. The highest BCUT2D eigenvalue weighted by molar-refractivity contribution is 7.92. The van der Waals surface area contributed by atoms with Gasteiger partial charge in [-0.3, -0.25) is 9.10 Å². The SMILES string of the molecule is COc1ccc(CNC(=O)[C@@H](C)N(c2ccccc2)S(C)(=O)=O)c(OC)c1OC. The van der Waals surface area contributed by atoms with E-state index in [2.05, 4.69) is 5.32 Å². The highest BCUT2D eigenvalue weighted by atomic mass is 32.2. The lowest BCUT2D eigenvalue weighted by atomic mass is 10.1. The monoisotopic (exact) mass is 422 g/mol. The first kappa shape index (κ1) is 22.4. The van der Waals surface area contributed by atoms with Gasteiger partial charge in [-0.25, -0.2) is 8.42 Å². The number of para-hydroxylation sites is 1. The number of anilines is 1. The minimum atomic E-state index is -3.67. The number of ether oxygens (including phenoxy) is 3. The van der Waals surface area contributed by atoms with Gasteiger partial charge in [0, 0.05) is 12.1 Å². The minimum Gasteiger partial charge on any atom is -0.493 e. The van der Waals surface area contributed by atoms with Gasteiger partial charge in [0.25, 0.3) is 0 Å². The van der Waals surface area contributed by atoms with Gasteiger partial charge in [-0.1, -0.05) is 18.2 Å². The molecule has 1 atom stereocenters. The van der Waals surface area contributed by atoms with Gasteiger partial charge in [-0.2, -0.15) is 0 Å². The van der Waals surface area contributed by atoms with Crippen molar-refractivity contribution in [3.05, 3.63) is 48.0 Å². The van der Waals surface area contributed by atoms with Gasteiger partial charge >= 0.3 is 0 Å². The second-order valence-electron chi connectivity index (χ2n) is 6.28. The number of hydrogen-bond acceptors (Lipinski definition) is 6. The van der Waals surface area contributed by atoms with E-state index < -0.39 is 22.0 Å². The molecule has 2 aromatic carbocycles. The smallest absolute Gasteiger partial charge is 0.243 e. The van der Waals surface area contributed by atoms with E-state index in [4.69, 9.17) is 14.2 Å². The van der Waals surface area contributed by atoms with Crippen molar-refractivity contribution in [3.63, 3.8) is 0 Å². The number of nitrogens with one attached hydrogen (secondary N) is 1. The molecule has 0 spiro atoms. The van der Waals surface area contributed by atoms with Crippen LogP contribution in [-0.4, -0.2) is 48.0 Å². The molecule has 29 heavy (non-hydrogen) atoms. The van der Waals surface area contributed by atoms with Crippen molar-refractivity contribution < 1.29 is 27.4 Å². The van der Waals surface area contributed by atoms with Gasteiger partial charge in [0.2, 0.25) is 21.7 Å². The van der Waals surface area contributed by atoms with E-state index >= 15 is 0 Å². The Morgan fingerprint density at radius 1 is 1.00 bits per heavy atom. The van der Waals surface area contributed by atoms with Crippen molar-refractivity contribution in [1.29, 1.82) is 0 Å². The highest BCUT2D eigenvalue weighted by Crippen LogP contribution is 2.39. The molecule has 0 saturated heterocycles. The number of rotatable bonds is 9. The van der Waals surface area contributed by atoms with E-state index in [1.54, 1.807) is 42.5 Å². The molecular formula is C20H26N2O6S. The Morgan fingerprint density at radius 3 is 2.14 bits per heavy atom. The number of carbonyl (C=O) groups excluding carboxylic acids is 1. The lowest BCUT2D eigenvalue weighted by Gasteiger charge is -2.28. The Hall–Kier alpha value is -2.94. The number of sulfonamides is 1. The van der Waals surface area contributed by atoms with Gasteiger partial charge in [-0.15, -0.1) is 0 Å². The Bertz CT molecular complexity index is 947. The molecule has 0 saturated carbocycles. The Morgan fingerprint density at radius 2 is 1.62 bits per heavy atom. The molecule has 0 aromatic heterocycles. The maximum absolute atomic E-state index is 12.7. The minimum absolute atomic E-state index is 0.124. The number of nitrogens with zero attached hydrogens (tertiary/aromatic N) is 1. The summed E-state index contributed by atoms with van der Waals surface area (Å²) in [5.74, 6) is 0.899. The summed E-state index contributed by atoms with van der Waals surface area (Å²) in [6.07, 6.45) is 1.07. The van der Waals surface area contributed by atoms with Gasteiger partial charge in [0.15, 0.2) is 11.5 Å². The topological polar surface area (TPSA) is 94.2 Å². The normalized spacial score (nSPS) is 12.0. The molecular weight excluding hydrogens is 396 g/mol. The molecule has 0 aliphatic heterocycles. The summed E-state index contributed by atoms with van der Waals surface area (Å²) in [7, 11) is 0.838. The Labute approximate surface area is 171 Å². The summed E-state index contributed by atoms with van der Waals surface area (Å²) in [6.45, 7) is 1.66. The number of amides is 1. The van der Waals surface area contributed by atoms with Crippen LogP contribution in [0.5, 0.6) is 17.2 Å². The highest BCUT2D eigenvalue weighted by Gasteiger charge is 2.29. The van der Waals surface area contributed by atoms with Crippen LogP contribution in [0.15, 0.2) is 42.5 Å². The number of hydrogen-bond donors (Lipinski definition) is 1. The Balaban J connectivity index is 2.24. The van der Waals surface area contributed by atoms with Crippen LogP contribution < -0.4 is 23.8 Å². The van der Waals surface area contributed by atoms with Gasteiger partial charge in [0.05, 0.1) is 33.3 Å². The number of methoxy groups -OCH3 is 3. The van der Waals surface area contributed by atoms with E-state index in [1.165, 1.54) is 28.3 Å². The predicted molar refractivity (Wildman–Crippen MR) is 111 cm³/mol. The second-order valence-corrected chi connectivity index (χ2v) is 8.14. The third-order valence-electron chi connectivity index (χ3n) is 4.34. The zero-order valence-electron chi connectivity index (χ0n) is 17.1. The standard InChI is InChI=1S/C20H26N2O6S/c1-14(22(29(5,24)25)16-9-7-6-8-10-16)20(23)21-13-15-11-12-17(26-2)19(28-4)18(15)27-3/h6-12,14H,13H2,1-5H3,(H,21,23)/t14-/m1/s1. The fourth-order valence-corrected chi connectivity index (χ4v) is 4.19. The van der Waals surface area contributed by atoms with Crippen molar-refractivity contribution in [3.8, 4) is 17.2 Å². The number of carbonyl (C=O) groups is 1. The first-order valence-corrected chi connectivity index (χ1v) is 10.7. The van der Waals surface area contributed by atoms with Gasteiger partial charge < -0.3 is 19.5 Å². The van der Waals surface area contributed by atoms with Crippen molar-refractivity contribution in [2.45, 2.75) is 19.5 Å². The summed E-state index contributed by atoms with van der Waals surface area (Å²) in [5.41, 5.74) is 1.08. The average Bonchev–Trinajstić information content (AvgIpc) is 2.70. The molecule has 8 nitrogen and oxygen atoms in total. The molecule has 1 N–H and O–H groups in total. The summed E-state index contributed by atoms with van der Waals surface area (Å²) >= 11 is 0. The Kier molecular flexibility index (Phi) is 7.33. The van der Waals surface area contributed by atoms with Crippen molar-refractivity contribution in [2.75, 3.05) is 31.9 Å². The first-order valence-electron chi connectivity index (χ1n) is 8.84. The fourth-order valence-electron chi connectivity index (χ4n) is 3.02. The molecule has 9 heteroatoms. The largest absolute Gasteiger partial charge is 0.493 e. The van der Waals surface area contributed by atoms with E-state index in [0.29, 0.717) is 28.5 Å². The van der Waals surface area contributed by atoms with Gasteiger partial charge in [-0.05, 0) is 31.2 Å². The van der Waals surface area contributed by atoms with Crippen molar-refractivity contribution in [2.24, 2.45) is 0 Å². The summed E-state index contributed by atoms with van der Waals surface area (Å²) in [4.78, 5) is 12.7. The first-order chi connectivity index (χ1) is 13.7. The lowest BCUT2D eigenvalue weighted by Crippen LogP contribution is -2.47.